The van der Waals surface area contributed by atoms with Gasteiger partial charge in [0.25, 0.3) is 0 Å². The first kappa shape index (κ1) is 14.8. The van der Waals surface area contributed by atoms with Crippen molar-refractivity contribution < 1.29 is 0 Å². The third-order valence-electron chi connectivity index (χ3n) is 3.55. The molecule has 3 fully saturated rings. The van der Waals surface area contributed by atoms with Crippen LogP contribution >= 0.6 is 47.0 Å². The predicted molar refractivity (Wildman–Crippen MR) is 94.2 cm³/mol. The average molecular weight is 386 g/mol. The van der Waals surface area contributed by atoms with Gasteiger partial charge in [0.2, 0.25) is 0 Å². The fraction of sp³-hybridized carbons (Fsp3) is 1.00. The van der Waals surface area contributed by atoms with E-state index in [4.69, 9.17) is 0 Å². The van der Waals surface area contributed by atoms with Crippen LogP contribution in [0.25, 0.3) is 0 Å². The van der Waals surface area contributed by atoms with Crippen molar-refractivity contribution in [3.8, 4) is 0 Å². The molecule has 18 heavy (non-hydrogen) atoms. The second kappa shape index (κ2) is 7.79. The molecule has 3 aliphatic rings. The Morgan fingerprint density at radius 3 is 2.28 bits per heavy atom. The molecule has 3 saturated heterocycles. The number of hydrogen-bond donors (Lipinski definition) is 0. The van der Waals surface area contributed by atoms with Gasteiger partial charge in [-0.25, -0.2) is 0 Å². The molecular formula is C13H22S4Se. The summed E-state index contributed by atoms with van der Waals surface area (Å²) in [6, 6.07) is 0. The maximum atomic E-state index is 2.26. The third-order valence-corrected chi connectivity index (χ3v) is 11.7. The van der Waals surface area contributed by atoms with Crippen molar-refractivity contribution in [3.05, 3.63) is 0 Å². The van der Waals surface area contributed by atoms with Crippen LogP contribution in [0.1, 0.15) is 12.8 Å². The summed E-state index contributed by atoms with van der Waals surface area (Å²) in [5.41, 5.74) is 0. The first-order valence-corrected chi connectivity index (χ1v) is 13.5. The minimum atomic E-state index is 0.969. The van der Waals surface area contributed by atoms with Gasteiger partial charge in [-0.15, -0.1) is 0 Å². The second-order valence-electron chi connectivity index (χ2n) is 5.37. The minimum absolute atomic E-state index is 0.969. The molecule has 0 saturated carbocycles. The molecule has 5 heteroatoms. The first-order valence-electron chi connectivity index (χ1n) is 6.90. The summed E-state index contributed by atoms with van der Waals surface area (Å²) in [7, 11) is 0. The van der Waals surface area contributed by atoms with Crippen molar-refractivity contribution in [2.45, 2.75) is 33.5 Å². The fourth-order valence-corrected chi connectivity index (χ4v) is 10.3. The zero-order valence-electron chi connectivity index (χ0n) is 10.7. The zero-order valence-corrected chi connectivity index (χ0v) is 15.7. The molecule has 0 radical (unpaired) electrons. The van der Waals surface area contributed by atoms with Crippen LogP contribution in [0, 0.1) is 5.92 Å². The summed E-state index contributed by atoms with van der Waals surface area (Å²) >= 11 is 9.78. The molecule has 0 amide bonds. The third kappa shape index (κ3) is 5.73. The zero-order chi connectivity index (χ0) is 12.2. The van der Waals surface area contributed by atoms with Gasteiger partial charge in [-0.2, -0.15) is 0 Å². The van der Waals surface area contributed by atoms with Crippen LogP contribution in [-0.4, -0.2) is 60.0 Å². The van der Waals surface area contributed by atoms with Crippen molar-refractivity contribution in [2.24, 2.45) is 5.92 Å². The summed E-state index contributed by atoms with van der Waals surface area (Å²) in [6.45, 7) is 0. The average Bonchev–Trinajstić information content (AvgIpc) is 3.25. The van der Waals surface area contributed by atoms with Crippen molar-refractivity contribution in [2.75, 3.05) is 34.5 Å². The molecule has 0 aliphatic carbocycles. The van der Waals surface area contributed by atoms with Gasteiger partial charge in [0.1, 0.15) is 0 Å². The van der Waals surface area contributed by atoms with Crippen molar-refractivity contribution >= 4 is 62.0 Å². The second-order valence-corrected chi connectivity index (χ2v) is 13.1. The Morgan fingerprint density at radius 2 is 1.61 bits per heavy atom. The molecule has 4 unspecified atom stereocenters. The SMILES string of the molecule is C1CC(CSCC2CS2)CC(CSCC2CS2)[Se]1. The van der Waals surface area contributed by atoms with Gasteiger partial charge in [0.15, 0.2) is 0 Å². The van der Waals surface area contributed by atoms with E-state index in [1.165, 1.54) is 34.5 Å². The van der Waals surface area contributed by atoms with E-state index in [9.17, 15) is 0 Å². The van der Waals surface area contributed by atoms with Crippen LogP contribution in [0.3, 0.4) is 0 Å². The normalized spacial score (nSPS) is 38.7. The molecule has 0 bridgehead atoms. The van der Waals surface area contributed by atoms with Gasteiger partial charge in [-0.05, 0) is 0 Å². The number of rotatable bonds is 8. The molecule has 0 aromatic heterocycles. The standard InChI is InChI=1S/C13H22S4Se/c1-2-18-13(9-15-6-12-8-17-12)3-10(1)4-14-5-11-7-16-11/h10-13H,1-9H2. The molecule has 0 N–H and O–H groups in total. The Kier molecular flexibility index (Phi) is 6.43. The molecular weight excluding hydrogens is 363 g/mol. The van der Waals surface area contributed by atoms with Gasteiger partial charge in [0.05, 0.1) is 0 Å². The molecule has 104 valence electrons. The van der Waals surface area contributed by atoms with Crippen LogP contribution in [0.15, 0.2) is 0 Å². The Bertz CT molecular complexity index is 231. The fourth-order valence-electron chi connectivity index (χ4n) is 2.25. The molecule has 0 aromatic carbocycles. The maximum absolute atomic E-state index is 2.26. The monoisotopic (exact) mass is 386 g/mol. The van der Waals surface area contributed by atoms with Gasteiger partial charge < -0.3 is 0 Å². The predicted octanol–water partition coefficient (Wildman–Crippen LogP) is 4.00. The Morgan fingerprint density at radius 1 is 0.944 bits per heavy atom. The van der Waals surface area contributed by atoms with E-state index in [1.54, 1.807) is 18.2 Å². The van der Waals surface area contributed by atoms with Gasteiger partial charge in [-0.3, -0.25) is 0 Å². The quantitative estimate of drug-likeness (QED) is 0.457. The van der Waals surface area contributed by atoms with E-state index in [0.717, 1.165) is 36.2 Å². The van der Waals surface area contributed by atoms with E-state index >= 15 is 0 Å². The summed E-state index contributed by atoms with van der Waals surface area (Å²) in [5, 5.41) is 3.64. The van der Waals surface area contributed by atoms with E-state index in [0.29, 0.717) is 0 Å². The van der Waals surface area contributed by atoms with E-state index < -0.39 is 0 Å². The molecule has 0 spiro atoms. The first-order chi connectivity index (χ1) is 8.90. The topological polar surface area (TPSA) is 0 Å². The molecule has 0 aromatic rings. The molecule has 0 nitrogen and oxygen atoms in total. The Balaban J connectivity index is 1.26. The van der Waals surface area contributed by atoms with Crippen LogP contribution < -0.4 is 0 Å². The Labute approximate surface area is 135 Å². The molecule has 3 aliphatic heterocycles. The number of hydrogen-bond acceptors (Lipinski definition) is 4. The van der Waals surface area contributed by atoms with Crippen molar-refractivity contribution in [3.63, 3.8) is 0 Å². The number of thioether (sulfide) groups is 4. The summed E-state index contributed by atoms with van der Waals surface area (Å²) in [6.07, 6.45) is 3.11. The van der Waals surface area contributed by atoms with Gasteiger partial charge >= 0.3 is 136 Å². The summed E-state index contributed by atoms with van der Waals surface area (Å²) in [5.74, 6) is 9.78. The van der Waals surface area contributed by atoms with E-state index in [2.05, 4.69) is 47.0 Å². The Hall–Kier alpha value is 1.92. The molecule has 4 atom stereocenters. The van der Waals surface area contributed by atoms with Crippen LogP contribution in [-0.2, 0) is 0 Å². The summed E-state index contributed by atoms with van der Waals surface area (Å²) < 4.78 is 0. The van der Waals surface area contributed by atoms with Crippen LogP contribution in [0.4, 0.5) is 0 Å². The van der Waals surface area contributed by atoms with Gasteiger partial charge in [-0.1, -0.05) is 0 Å². The summed E-state index contributed by atoms with van der Waals surface area (Å²) in [4.78, 5) is 1.11. The van der Waals surface area contributed by atoms with Crippen molar-refractivity contribution in [1.29, 1.82) is 0 Å². The molecule has 3 heterocycles. The van der Waals surface area contributed by atoms with E-state index in [1.807, 2.05) is 0 Å². The van der Waals surface area contributed by atoms with Gasteiger partial charge in [0, 0.05) is 0 Å². The van der Waals surface area contributed by atoms with Crippen LogP contribution in [0.2, 0.25) is 10.1 Å². The van der Waals surface area contributed by atoms with Crippen LogP contribution in [0.5, 0.6) is 0 Å². The van der Waals surface area contributed by atoms with Crippen molar-refractivity contribution in [1.82, 2.24) is 0 Å². The van der Waals surface area contributed by atoms with E-state index in [-0.39, 0.29) is 0 Å². The molecule has 3 rings (SSSR count).